The summed E-state index contributed by atoms with van der Waals surface area (Å²) in [6, 6.07) is 7.15. The van der Waals surface area contributed by atoms with E-state index in [4.69, 9.17) is 9.47 Å². The van der Waals surface area contributed by atoms with E-state index in [1.807, 2.05) is 35.4 Å². The Labute approximate surface area is 146 Å². The van der Waals surface area contributed by atoms with Crippen molar-refractivity contribution >= 4 is 22.8 Å². The lowest BCUT2D eigenvalue weighted by Gasteiger charge is -2.26. The molecule has 1 aliphatic heterocycles. The molecule has 1 saturated heterocycles. The van der Waals surface area contributed by atoms with Gasteiger partial charge in [-0.1, -0.05) is 18.2 Å². The van der Waals surface area contributed by atoms with Crippen LogP contribution in [0.15, 0.2) is 30.5 Å². The van der Waals surface area contributed by atoms with Gasteiger partial charge in [-0.05, 0) is 11.6 Å². The van der Waals surface area contributed by atoms with Gasteiger partial charge in [0.15, 0.2) is 0 Å². The highest BCUT2D eigenvalue weighted by Gasteiger charge is 2.24. The number of morpholine rings is 1. The van der Waals surface area contributed by atoms with E-state index in [-0.39, 0.29) is 12.5 Å². The van der Waals surface area contributed by atoms with Crippen LogP contribution in [0.3, 0.4) is 0 Å². The van der Waals surface area contributed by atoms with Gasteiger partial charge in [-0.2, -0.15) is 0 Å². The molecule has 1 aliphatic rings. The number of aromatic nitrogens is 1. The van der Waals surface area contributed by atoms with Gasteiger partial charge in [-0.25, -0.2) is 4.79 Å². The molecule has 0 bridgehead atoms. The van der Waals surface area contributed by atoms with Gasteiger partial charge >= 0.3 is 5.97 Å². The molecule has 1 atom stereocenters. The standard InChI is InChI=1S/C18H23N3O4/c1-24-18(23)16(20-17(22)12-21-6-8-25-9-7-21)10-13-11-19-15-5-3-2-4-14(13)15/h2-5,11,16,19H,6-10,12H2,1H3,(H,20,22)/t16-/m0/s1. The van der Waals surface area contributed by atoms with Crippen molar-refractivity contribution in [3.8, 4) is 0 Å². The molecule has 0 saturated carbocycles. The van der Waals surface area contributed by atoms with Gasteiger partial charge in [0.05, 0.1) is 26.9 Å². The Morgan fingerprint density at radius 2 is 2.08 bits per heavy atom. The number of benzene rings is 1. The Balaban J connectivity index is 1.67. The smallest absolute Gasteiger partial charge is 0.328 e. The number of ether oxygens (including phenoxy) is 2. The third kappa shape index (κ3) is 4.37. The molecule has 7 heteroatoms. The number of methoxy groups -OCH3 is 1. The highest BCUT2D eigenvalue weighted by molar-refractivity contribution is 5.87. The molecular weight excluding hydrogens is 322 g/mol. The predicted octanol–water partition coefficient (Wildman–Crippen LogP) is 0.700. The largest absolute Gasteiger partial charge is 0.467 e. The SMILES string of the molecule is COC(=O)[C@H](Cc1c[nH]c2ccccc12)NC(=O)CN1CCOCC1. The fourth-order valence-electron chi connectivity index (χ4n) is 3.06. The average molecular weight is 345 g/mol. The van der Waals surface area contributed by atoms with Crippen molar-refractivity contribution in [2.45, 2.75) is 12.5 Å². The van der Waals surface area contributed by atoms with E-state index in [1.165, 1.54) is 7.11 Å². The number of rotatable bonds is 6. The third-order valence-corrected chi connectivity index (χ3v) is 4.39. The van der Waals surface area contributed by atoms with Crippen LogP contribution in [-0.2, 0) is 25.5 Å². The number of para-hydroxylation sites is 1. The summed E-state index contributed by atoms with van der Waals surface area (Å²) in [4.78, 5) is 29.6. The van der Waals surface area contributed by atoms with Crippen LogP contribution in [0.4, 0.5) is 0 Å². The fraction of sp³-hybridized carbons (Fsp3) is 0.444. The zero-order valence-corrected chi connectivity index (χ0v) is 14.3. The lowest BCUT2D eigenvalue weighted by Crippen LogP contribution is -2.49. The minimum absolute atomic E-state index is 0.183. The van der Waals surface area contributed by atoms with Crippen molar-refractivity contribution in [3.05, 3.63) is 36.0 Å². The zero-order valence-electron chi connectivity index (χ0n) is 14.3. The second-order valence-electron chi connectivity index (χ2n) is 6.10. The maximum absolute atomic E-state index is 12.3. The second-order valence-corrected chi connectivity index (χ2v) is 6.10. The summed E-state index contributed by atoms with van der Waals surface area (Å²) in [5.41, 5.74) is 1.97. The van der Waals surface area contributed by atoms with Crippen molar-refractivity contribution in [1.82, 2.24) is 15.2 Å². The van der Waals surface area contributed by atoms with Crippen molar-refractivity contribution in [2.24, 2.45) is 0 Å². The first kappa shape index (κ1) is 17.4. The molecule has 134 valence electrons. The topological polar surface area (TPSA) is 83.7 Å². The van der Waals surface area contributed by atoms with Crippen molar-refractivity contribution < 1.29 is 19.1 Å². The maximum atomic E-state index is 12.3. The lowest BCUT2D eigenvalue weighted by molar-refractivity contribution is -0.145. The Morgan fingerprint density at radius 3 is 2.84 bits per heavy atom. The lowest BCUT2D eigenvalue weighted by atomic mass is 10.0. The van der Waals surface area contributed by atoms with Crippen molar-refractivity contribution in [3.63, 3.8) is 0 Å². The van der Waals surface area contributed by atoms with Crippen molar-refractivity contribution in [1.29, 1.82) is 0 Å². The van der Waals surface area contributed by atoms with Gasteiger partial charge in [-0.15, -0.1) is 0 Å². The first-order valence-corrected chi connectivity index (χ1v) is 8.39. The Bertz CT molecular complexity index is 737. The van der Waals surface area contributed by atoms with Crippen LogP contribution in [-0.4, -0.2) is 67.8 Å². The molecule has 2 heterocycles. The van der Waals surface area contributed by atoms with Gasteiger partial charge in [-0.3, -0.25) is 9.69 Å². The minimum Gasteiger partial charge on any atom is -0.467 e. The number of hydrogen-bond donors (Lipinski definition) is 2. The number of nitrogens with zero attached hydrogens (tertiary/aromatic N) is 1. The summed E-state index contributed by atoms with van der Waals surface area (Å²) in [6.07, 6.45) is 2.25. The number of carbonyl (C=O) groups excluding carboxylic acids is 2. The number of hydrogen-bond acceptors (Lipinski definition) is 5. The number of fused-ring (bicyclic) bond motifs is 1. The van der Waals surface area contributed by atoms with Gasteiger partial charge in [0, 0.05) is 36.6 Å². The first-order chi connectivity index (χ1) is 12.2. The van der Waals surface area contributed by atoms with Gasteiger partial charge in [0.25, 0.3) is 0 Å². The van der Waals surface area contributed by atoms with Gasteiger partial charge in [0.2, 0.25) is 5.91 Å². The second kappa shape index (κ2) is 8.13. The van der Waals surface area contributed by atoms with Crippen LogP contribution in [0, 0.1) is 0 Å². The van der Waals surface area contributed by atoms with E-state index >= 15 is 0 Å². The molecule has 2 N–H and O–H groups in total. The van der Waals surface area contributed by atoms with E-state index in [2.05, 4.69) is 10.3 Å². The molecule has 3 rings (SSSR count). The fourth-order valence-corrected chi connectivity index (χ4v) is 3.06. The van der Waals surface area contributed by atoms with E-state index in [0.717, 1.165) is 29.6 Å². The third-order valence-electron chi connectivity index (χ3n) is 4.39. The molecule has 1 aromatic heterocycles. The Morgan fingerprint density at radius 1 is 1.32 bits per heavy atom. The molecule has 0 radical (unpaired) electrons. The van der Waals surface area contributed by atoms with Gasteiger partial charge in [0.1, 0.15) is 6.04 Å². The monoisotopic (exact) mass is 345 g/mol. The van der Waals surface area contributed by atoms with Crippen LogP contribution in [0.25, 0.3) is 10.9 Å². The summed E-state index contributed by atoms with van der Waals surface area (Å²) in [7, 11) is 1.33. The first-order valence-electron chi connectivity index (χ1n) is 8.39. The zero-order chi connectivity index (χ0) is 17.6. The molecular formula is C18H23N3O4. The molecule has 0 unspecified atom stereocenters. The number of H-pyrrole nitrogens is 1. The molecule has 0 aliphatic carbocycles. The minimum atomic E-state index is -0.710. The quantitative estimate of drug-likeness (QED) is 0.753. The molecule has 1 amide bonds. The van der Waals surface area contributed by atoms with Crippen LogP contribution in [0.1, 0.15) is 5.56 Å². The number of nitrogens with one attached hydrogen (secondary N) is 2. The van der Waals surface area contributed by atoms with Crippen LogP contribution >= 0.6 is 0 Å². The highest BCUT2D eigenvalue weighted by atomic mass is 16.5. The summed E-state index contributed by atoms with van der Waals surface area (Å²) in [6.45, 7) is 2.95. The molecule has 1 aromatic carbocycles. The van der Waals surface area contributed by atoms with Crippen LogP contribution in [0.2, 0.25) is 0 Å². The molecule has 0 spiro atoms. The van der Waals surface area contributed by atoms with Crippen LogP contribution < -0.4 is 5.32 Å². The highest BCUT2D eigenvalue weighted by Crippen LogP contribution is 2.19. The molecule has 25 heavy (non-hydrogen) atoms. The number of aromatic amines is 1. The average Bonchev–Trinajstić information content (AvgIpc) is 3.04. The van der Waals surface area contributed by atoms with E-state index in [9.17, 15) is 9.59 Å². The summed E-state index contributed by atoms with van der Waals surface area (Å²) >= 11 is 0. The molecule has 7 nitrogen and oxygen atoms in total. The van der Waals surface area contributed by atoms with E-state index in [1.54, 1.807) is 0 Å². The summed E-state index contributed by atoms with van der Waals surface area (Å²) < 4.78 is 10.1. The Hall–Kier alpha value is -2.38. The van der Waals surface area contributed by atoms with Gasteiger partial charge < -0.3 is 19.8 Å². The summed E-state index contributed by atoms with van der Waals surface area (Å²) in [5, 5.41) is 3.85. The molecule has 2 aromatic rings. The predicted molar refractivity (Wildman–Crippen MR) is 93.2 cm³/mol. The van der Waals surface area contributed by atoms with E-state index < -0.39 is 12.0 Å². The van der Waals surface area contributed by atoms with Crippen molar-refractivity contribution in [2.75, 3.05) is 40.0 Å². The maximum Gasteiger partial charge on any atom is 0.328 e. The molecule has 1 fully saturated rings. The number of carbonyl (C=O) groups is 2. The van der Waals surface area contributed by atoms with E-state index in [0.29, 0.717) is 19.6 Å². The number of amides is 1. The Kier molecular flexibility index (Phi) is 5.67. The normalized spacial score (nSPS) is 16.5. The summed E-state index contributed by atoms with van der Waals surface area (Å²) in [5.74, 6) is -0.627. The number of esters is 1. The van der Waals surface area contributed by atoms with Crippen LogP contribution in [0.5, 0.6) is 0 Å².